The van der Waals surface area contributed by atoms with E-state index < -0.39 is 10.8 Å². The van der Waals surface area contributed by atoms with Gasteiger partial charge in [-0.05, 0) is 19.9 Å². The Hall–Kier alpha value is -1.33. The number of nitrogens with zero attached hydrogens (tertiary/aromatic N) is 1. The van der Waals surface area contributed by atoms with Crippen LogP contribution in [0.4, 0.5) is 5.69 Å². The van der Waals surface area contributed by atoms with Crippen LogP contribution in [0.3, 0.4) is 0 Å². The van der Waals surface area contributed by atoms with Gasteiger partial charge in [0.1, 0.15) is 5.02 Å². The third-order valence-electron chi connectivity index (χ3n) is 1.89. The van der Waals surface area contributed by atoms with E-state index in [1.165, 1.54) is 6.07 Å². The molecule has 0 saturated heterocycles. The summed E-state index contributed by atoms with van der Waals surface area (Å²) in [6.45, 7) is 3.56. The highest BCUT2D eigenvalue weighted by atomic mass is 35.5. The maximum atomic E-state index is 11.7. The van der Waals surface area contributed by atoms with E-state index in [0.29, 0.717) is 0 Å². The lowest BCUT2D eigenvalue weighted by Gasteiger charge is -2.09. The quantitative estimate of drug-likeness (QED) is 0.681. The Morgan fingerprint density at radius 2 is 2.00 bits per heavy atom. The first-order valence-corrected chi connectivity index (χ1v) is 5.52. The van der Waals surface area contributed by atoms with Crippen LogP contribution in [0.5, 0.6) is 0 Å². The molecule has 0 spiro atoms. The van der Waals surface area contributed by atoms with Gasteiger partial charge in [-0.15, -0.1) is 0 Å². The molecule has 1 aromatic carbocycles. The second kappa shape index (κ2) is 5.33. The zero-order valence-electron chi connectivity index (χ0n) is 9.16. The number of hydrogen-bond acceptors (Lipinski definition) is 3. The van der Waals surface area contributed by atoms with Crippen molar-refractivity contribution in [1.29, 1.82) is 0 Å². The fourth-order valence-corrected chi connectivity index (χ4v) is 1.58. The molecule has 0 aliphatic rings. The molecule has 0 radical (unpaired) electrons. The topological polar surface area (TPSA) is 72.2 Å². The first-order chi connectivity index (χ1) is 7.82. The maximum absolute atomic E-state index is 11.7. The van der Waals surface area contributed by atoms with Crippen LogP contribution >= 0.6 is 23.2 Å². The molecular formula is C10H10Cl2N2O3. The van der Waals surface area contributed by atoms with Crippen LogP contribution in [0, 0.1) is 10.1 Å². The minimum atomic E-state index is -0.680. The van der Waals surface area contributed by atoms with Crippen molar-refractivity contribution >= 4 is 34.8 Å². The van der Waals surface area contributed by atoms with Gasteiger partial charge < -0.3 is 5.32 Å². The van der Waals surface area contributed by atoms with E-state index in [9.17, 15) is 14.9 Å². The molecule has 1 rings (SSSR count). The molecule has 0 fully saturated rings. The number of nitrogens with one attached hydrogen (secondary N) is 1. The van der Waals surface area contributed by atoms with E-state index in [1.54, 1.807) is 13.8 Å². The molecule has 5 nitrogen and oxygen atoms in total. The zero-order valence-corrected chi connectivity index (χ0v) is 10.7. The molecule has 1 N–H and O–H groups in total. The Kier molecular flexibility index (Phi) is 4.31. The summed E-state index contributed by atoms with van der Waals surface area (Å²) in [4.78, 5) is 21.7. The maximum Gasteiger partial charge on any atom is 0.290 e. The van der Waals surface area contributed by atoms with E-state index in [-0.39, 0.29) is 27.3 Å². The first-order valence-electron chi connectivity index (χ1n) is 4.77. The summed E-state index contributed by atoms with van der Waals surface area (Å²) in [5.74, 6) is -0.429. The summed E-state index contributed by atoms with van der Waals surface area (Å²) in [6, 6.07) is 2.33. The van der Waals surface area contributed by atoms with Crippen molar-refractivity contribution in [1.82, 2.24) is 5.32 Å². The number of nitro groups is 1. The number of amides is 1. The normalized spacial score (nSPS) is 10.4. The van der Waals surface area contributed by atoms with Gasteiger partial charge in [-0.1, -0.05) is 23.2 Å². The third-order valence-corrected chi connectivity index (χ3v) is 2.68. The fraction of sp³-hybridized carbons (Fsp3) is 0.300. The molecule has 0 aromatic heterocycles. The zero-order chi connectivity index (χ0) is 13.2. The van der Waals surface area contributed by atoms with Crippen molar-refractivity contribution in [2.45, 2.75) is 19.9 Å². The Labute approximate surface area is 108 Å². The third kappa shape index (κ3) is 3.31. The lowest BCUT2D eigenvalue weighted by atomic mass is 10.2. The second-order valence-corrected chi connectivity index (χ2v) is 4.46. The number of carbonyl (C=O) groups is 1. The highest BCUT2D eigenvalue weighted by molar-refractivity contribution is 6.43. The molecule has 17 heavy (non-hydrogen) atoms. The van der Waals surface area contributed by atoms with Crippen molar-refractivity contribution in [2.75, 3.05) is 0 Å². The Bertz CT molecular complexity index is 475. The van der Waals surface area contributed by atoms with Gasteiger partial charge in [-0.2, -0.15) is 0 Å². The number of nitro benzene ring substituents is 1. The number of hydrogen-bond donors (Lipinski definition) is 1. The van der Waals surface area contributed by atoms with Crippen LogP contribution in [0.2, 0.25) is 10.0 Å². The lowest BCUT2D eigenvalue weighted by Crippen LogP contribution is -2.30. The van der Waals surface area contributed by atoms with Gasteiger partial charge in [0.15, 0.2) is 0 Å². The van der Waals surface area contributed by atoms with Gasteiger partial charge >= 0.3 is 0 Å². The van der Waals surface area contributed by atoms with Crippen molar-refractivity contribution in [3.05, 3.63) is 37.9 Å². The van der Waals surface area contributed by atoms with Gasteiger partial charge in [0.05, 0.1) is 9.95 Å². The summed E-state index contributed by atoms with van der Waals surface area (Å²) in [5, 5.41) is 13.1. The molecule has 92 valence electrons. The number of rotatable bonds is 3. The van der Waals surface area contributed by atoms with Crippen molar-refractivity contribution in [3.63, 3.8) is 0 Å². The Morgan fingerprint density at radius 1 is 1.41 bits per heavy atom. The SMILES string of the molecule is CC(C)NC(=O)c1cc(Cl)c(Cl)c([N+](=O)[O-])c1. The molecule has 0 heterocycles. The molecular weight excluding hydrogens is 267 g/mol. The molecule has 1 amide bonds. The monoisotopic (exact) mass is 276 g/mol. The minimum Gasteiger partial charge on any atom is -0.350 e. The fourth-order valence-electron chi connectivity index (χ4n) is 1.18. The highest BCUT2D eigenvalue weighted by Gasteiger charge is 2.20. The van der Waals surface area contributed by atoms with Gasteiger partial charge in [0.25, 0.3) is 11.6 Å². The van der Waals surface area contributed by atoms with E-state index in [1.807, 2.05) is 0 Å². The van der Waals surface area contributed by atoms with Gasteiger partial charge in [0, 0.05) is 17.7 Å². The average molecular weight is 277 g/mol. The van der Waals surface area contributed by atoms with Crippen LogP contribution < -0.4 is 5.32 Å². The molecule has 1 aromatic rings. The summed E-state index contributed by atoms with van der Waals surface area (Å²) in [6.07, 6.45) is 0. The summed E-state index contributed by atoms with van der Waals surface area (Å²) in [7, 11) is 0. The summed E-state index contributed by atoms with van der Waals surface area (Å²) < 4.78 is 0. The molecule has 7 heteroatoms. The van der Waals surface area contributed by atoms with Gasteiger partial charge in [0.2, 0.25) is 0 Å². The van der Waals surface area contributed by atoms with Crippen LogP contribution in [0.1, 0.15) is 24.2 Å². The smallest absolute Gasteiger partial charge is 0.290 e. The van der Waals surface area contributed by atoms with Crippen molar-refractivity contribution < 1.29 is 9.72 Å². The summed E-state index contributed by atoms with van der Waals surface area (Å²) >= 11 is 11.4. The van der Waals surface area contributed by atoms with E-state index >= 15 is 0 Å². The van der Waals surface area contributed by atoms with Crippen LogP contribution in [-0.2, 0) is 0 Å². The molecule has 0 saturated carbocycles. The molecule has 0 atom stereocenters. The number of benzene rings is 1. The molecule has 0 bridgehead atoms. The molecule has 0 aliphatic heterocycles. The lowest BCUT2D eigenvalue weighted by molar-refractivity contribution is -0.384. The Morgan fingerprint density at radius 3 is 2.47 bits per heavy atom. The predicted octanol–water partition coefficient (Wildman–Crippen LogP) is 3.04. The number of halogens is 2. The molecule has 0 unspecified atom stereocenters. The summed E-state index contributed by atoms with van der Waals surface area (Å²) in [5.41, 5.74) is -0.270. The molecule has 0 aliphatic carbocycles. The standard InChI is InChI=1S/C10H10Cl2N2O3/c1-5(2)13-10(15)6-3-7(11)9(12)8(4-6)14(16)17/h3-5H,1-2H3,(H,13,15). The van der Waals surface area contributed by atoms with Crippen molar-refractivity contribution in [3.8, 4) is 0 Å². The second-order valence-electron chi connectivity index (χ2n) is 3.68. The van der Waals surface area contributed by atoms with Gasteiger partial charge in [-0.3, -0.25) is 14.9 Å². The Balaban J connectivity index is 3.19. The average Bonchev–Trinajstić information content (AvgIpc) is 2.20. The van der Waals surface area contributed by atoms with Crippen LogP contribution in [-0.4, -0.2) is 16.9 Å². The first kappa shape index (κ1) is 13.7. The number of carbonyl (C=O) groups excluding carboxylic acids is 1. The van der Waals surface area contributed by atoms with E-state index in [4.69, 9.17) is 23.2 Å². The van der Waals surface area contributed by atoms with Crippen LogP contribution in [0.25, 0.3) is 0 Å². The van der Waals surface area contributed by atoms with Gasteiger partial charge in [-0.25, -0.2) is 0 Å². The largest absolute Gasteiger partial charge is 0.350 e. The van der Waals surface area contributed by atoms with Crippen molar-refractivity contribution in [2.24, 2.45) is 0 Å². The van der Waals surface area contributed by atoms with Crippen LogP contribution in [0.15, 0.2) is 12.1 Å². The highest BCUT2D eigenvalue weighted by Crippen LogP contribution is 2.32. The van der Waals surface area contributed by atoms with E-state index in [2.05, 4.69) is 5.32 Å². The minimum absolute atomic E-state index is 0.0187. The van der Waals surface area contributed by atoms with E-state index in [0.717, 1.165) is 6.07 Å². The predicted molar refractivity (Wildman–Crippen MR) is 65.7 cm³/mol.